The van der Waals surface area contributed by atoms with Crippen LogP contribution in [0.5, 0.6) is 11.5 Å². The highest BCUT2D eigenvalue weighted by molar-refractivity contribution is 7.89. The minimum atomic E-state index is -3.92. The van der Waals surface area contributed by atoms with Crippen molar-refractivity contribution in [2.45, 2.75) is 93.1 Å². The lowest BCUT2D eigenvalue weighted by atomic mass is 9.86. The number of methoxy groups -OCH3 is 2. The molecule has 0 amide bonds. The molecule has 2 aromatic rings. The van der Waals surface area contributed by atoms with Crippen LogP contribution in [0, 0.1) is 5.92 Å². The molecule has 0 radical (unpaired) electrons. The van der Waals surface area contributed by atoms with Crippen LogP contribution in [0.15, 0.2) is 52.3 Å². The van der Waals surface area contributed by atoms with Crippen LogP contribution in [-0.2, 0) is 26.6 Å². The molecule has 0 N–H and O–H groups in total. The molecule has 0 heterocycles. The zero-order chi connectivity index (χ0) is 28.2. The monoisotopic (exact) mass is 578 g/mol. The summed E-state index contributed by atoms with van der Waals surface area (Å²) in [6, 6.07) is 11.0. The van der Waals surface area contributed by atoms with Crippen molar-refractivity contribution in [3.05, 3.63) is 48.0 Å². The molecule has 2 aliphatic carbocycles. The van der Waals surface area contributed by atoms with Crippen molar-refractivity contribution in [2.24, 2.45) is 5.92 Å². The van der Waals surface area contributed by atoms with E-state index in [1.807, 2.05) is 12.1 Å². The summed E-state index contributed by atoms with van der Waals surface area (Å²) in [4.78, 5) is 0.215. The number of nitrogens with zero attached hydrogens (tertiary/aromatic N) is 2. The first-order chi connectivity index (χ1) is 18.6. The highest BCUT2D eigenvalue weighted by Gasteiger charge is 2.37. The van der Waals surface area contributed by atoms with E-state index < -0.39 is 20.0 Å². The van der Waals surface area contributed by atoms with Gasteiger partial charge >= 0.3 is 0 Å². The van der Waals surface area contributed by atoms with E-state index in [4.69, 9.17) is 9.47 Å². The van der Waals surface area contributed by atoms with Gasteiger partial charge in [-0.05, 0) is 73.6 Å². The number of hydrogen-bond acceptors (Lipinski definition) is 6. The fourth-order valence-corrected chi connectivity index (χ4v) is 9.15. The molecule has 0 unspecified atom stereocenters. The molecule has 39 heavy (non-hydrogen) atoms. The van der Waals surface area contributed by atoms with Gasteiger partial charge in [0.2, 0.25) is 20.0 Å². The third kappa shape index (κ3) is 6.45. The van der Waals surface area contributed by atoms with Crippen molar-refractivity contribution >= 4 is 20.0 Å². The number of ether oxygens (including phenoxy) is 2. The lowest BCUT2D eigenvalue weighted by molar-refractivity contribution is 0.185. The molecule has 216 valence electrons. The highest BCUT2D eigenvalue weighted by atomic mass is 32.2. The molecule has 0 bridgehead atoms. The lowest BCUT2D eigenvalue weighted by Gasteiger charge is -2.38. The SMILES string of the molecule is COc1ccc(CN([C@H]2CCCC[C@H]2C)S(=O)(=O)c2ccc(S(=O)(=O)N(C)C3CCCCC3)cc2)cc1OC. The highest BCUT2D eigenvalue weighted by Crippen LogP contribution is 2.35. The molecule has 2 aromatic carbocycles. The standard InChI is InChI=1S/C29H42N2O6S2/c1-22-10-8-9-13-27(22)31(21-23-14-19-28(36-3)29(20-23)37-4)39(34,35)26-17-15-25(16-18-26)38(32,33)30(2)24-11-6-5-7-12-24/h14-20,22,24,27H,5-13,21H2,1-4H3/t22-,27+/m1/s1. The Morgan fingerprint density at radius 1 is 0.744 bits per heavy atom. The minimum absolute atomic E-state index is 0.0167. The topological polar surface area (TPSA) is 93.2 Å². The number of benzene rings is 2. The van der Waals surface area contributed by atoms with Gasteiger partial charge in [-0.2, -0.15) is 8.61 Å². The van der Waals surface area contributed by atoms with E-state index in [-0.39, 0.29) is 34.3 Å². The lowest BCUT2D eigenvalue weighted by Crippen LogP contribution is -2.44. The van der Waals surface area contributed by atoms with Crippen LogP contribution in [0.3, 0.4) is 0 Å². The Labute approximate surface area is 234 Å². The van der Waals surface area contributed by atoms with Gasteiger partial charge < -0.3 is 9.47 Å². The van der Waals surface area contributed by atoms with Crippen LogP contribution in [0.25, 0.3) is 0 Å². The predicted octanol–water partition coefficient (Wildman–Crippen LogP) is 5.43. The summed E-state index contributed by atoms with van der Waals surface area (Å²) in [6.45, 7) is 2.29. The second kappa shape index (κ2) is 12.6. The van der Waals surface area contributed by atoms with Crippen molar-refractivity contribution in [1.82, 2.24) is 8.61 Å². The molecule has 8 nitrogen and oxygen atoms in total. The Morgan fingerprint density at radius 2 is 1.31 bits per heavy atom. The van der Waals surface area contributed by atoms with Crippen molar-refractivity contribution in [2.75, 3.05) is 21.3 Å². The van der Waals surface area contributed by atoms with Gasteiger partial charge in [0, 0.05) is 25.7 Å². The summed E-state index contributed by atoms with van der Waals surface area (Å²) in [5.41, 5.74) is 0.794. The summed E-state index contributed by atoms with van der Waals surface area (Å²) >= 11 is 0. The number of rotatable bonds is 10. The molecular weight excluding hydrogens is 536 g/mol. The van der Waals surface area contributed by atoms with Crippen LogP contribution in [-0.4, -0.2) is 58.8 Å². The number of sulfonamides is 2. The van der Waals surface area contributed by atoms with E-state index >= 15 is 0 Å². The fourth-order valence-electron chi connectivity index (χ4n) is 5.99. The molecule has 0 aliphatic heterocycles. The van der Waals surface area contributed by atoms with E-state index in [0.29, 0.717) is 11.5 Å². The molecule has 10 heteroatoms. The van der Waals surface area contributed by atoms with Gasteiger partial charge in [0.05, 0.1) is 24.0 Å². The average Bonchev–Trinajstić information content (AvgIpc) is 2.96. The zero-order valence-electron chi connectivity index (χ0n) is 23.5. The van der Waals surface area contributed by atoms with Crippen LogP contribution < -0.4 is 9.47 Å². The first-order valence-corrected chi connectivity index (χ1v) is 16.8. The Bertz CT molecular complexity index is 1320. The van der Waals surface area contributed by atoms with E-state index in [9.17, 15) is 16.8 Å². The Balaban J connectivity index is 1.65. The summed E-state index contributed by atoms with van der Waals surface area (Å²) in [6.07, 6.45) is 8.70. The van der Waals surface area contributed by atoms with Gasteiger partial charge in [-0.15, -0.1) is 0 Å². The van der Waals surface area contributed by atoms with Gasteiger partial charge in [-0.3, -0.25) is 0 Å². The van der Waals surface area contributed by atoms with Crippen LogP contribution in [0.4, 0.5) is 0 Å². The summed E-state index contributed by atoms with van der Waals surface area (Å²) in [5, 5.41) is 0. The van der Waals surface area contributed by atoms with Crippen molar-refractivity contribution < 1.29 is 26.3 Å². The van der Waals surface area contributed by atoms with Crippen molar-refractivity contribution in [3.63, 3.8) is 0 Å². The number of hydrogen-bond donors (Lipinski definition) is 0. The maximum absolute atomic E-state index is 14.1. The Kier molecular flexibility index (Phi) is 9.62. The van der Waals surface area contributed by atoms with Crippen molar-refractivity contribution in [3.8, 4) is 11.5 Å². The summed E-state index contributed by atoms with van der Waals surface area (Å²) < 4.78 is 68.7. The predicted molar refractivity (Wildman–Crippen MR) is 152 cm³/mol. The molecule has 4 rings (SSSR count). The summed E-state index contributed by atoms with van der Waals surface area (Å²) in [7, 11) is -2.88. The maximum atomic E-state index is 14.1. The van der Waals surface area contributed by atoms with Gasteiger partial charge in [0.1, 0.15) is 0 Å². The maximum Gasteiger partial charge on any atom is 0.243 e. The molecule has 2 fully saturated rings. The minimum Gasteiger partial charge on any atom is -0.493 e. The first-order valence-electron chi connectivity index (χ1n) is 13.9. The quantitative estimate of drug-likeness (QED) is 0.373. The molecule has 2 aliphatic rings. The fraction of sp³-hybridized carbons (Fsp3) is 0.586. The van der Waals surface area contributed by atoms with E-state index in [0.717, 1.165) is 63.4 Å². The summed E-state index contributed by atoms with van der Waals surface area (Å²) in [5.74, 6) is 1.33. The average molecular weight is 579 g/mol. The molecule has 2 atom stereocenters. The van der Waals surface area contributed by atoms with E-state index in [1.54, 1.807) is 31.6 Å². The molecular formula is C29H42N2O6S2. The normalized spacial score (nSPS) is 21.3. The molecule has 0 spiro atoms. The van der Waals surface area contributed by atoms with Gasteiger partial charge in [0.15, 0.2) is 11.5 Å². The molecule has 0 aromatic heterocycles. The second-order valence-electron chi connectivity index (χ2n) is 10.9. The third-order valence-corrected chi connectivity index (χ3v) is 12.2. The van der Waals surface area contributed by atoms with Gasteiger partial charge in [-0.25, -0.2) is 16.8 Å². The van der Waals surface area contributed by atoms with Crippen LogP contribution >= 0.6 is 0 Å². The Hall–Kier alpha value is -2.14. The second-order valence-corrected chi connectivity index (χ2v) is 14.7. The van der Waals surface area contributed by atoms with E-state index in [2.05, 4.69) is 6.92 Å². The van der Waals surface area contributed by atoms with Crippen LogP contribution in [0.2, 0.25) is 0 Å². The zero-order valence-corrected chi connectivity index (χ0v) is 25.1. The largest absolute Gasteiger partial charge is 0.493 e. The van der Waals surface area contributed by atoms with E-state index in [1.165, 1.54) is 28.6 Å². The molecule has 0 saturated heterocycles. The van der Waals surface area contributed by atoms with Gasteiger partial charge in [0.25, 0.3) is 0 Å². The van der Waals surface area contributed by atoms with Crippen LogP contribution in [0.1, 0.15) is 70.3 Å². The smallest absolute Gasteiger partial charge is 0.243 e. The van der Waals surface area contributed by atoms with Gasteiger partial charge in [-0.1, -0.05) is 45.1 Å². The molecule has 2 saturated carbocycles. The first kappa shape index (κ1) is 29.8. The Morgan fingerprint density at radius 3 is 1.90 bits per heavy atom. The van der Waals surface area contributed by atoms with Crippen molar-refractivity contribution in [1.29, 1.82) is 0 Å². The third-order valence-electron chi connectivity index (χ3n) is 8.42.